The molecule has 0 bridgehead atoms. The zero-order chi connectivity index (χ0) is 10.4. The van der Waals surface area contributed by atoms with Gasteiger partial charge in [0.05, 0.1) is 0 Å². The molecule has 0 aliphatic rings. The maximum atomic E-state index is 10.2. The van der Waals surface area contributed by atoms with E-state index in [-0.39, 0.29) is 18.8 Å². The van der Waals surface area contributed by atoms with Crippen LogP contribution in [0.15, 0.2) is 16.5 Å². The van der Waals surface area contributed by atoms with Gasteiger partial charge in [-0.05, 0) is 12.5 Å². The number of carboxylic acid groups (broad SMARTS) is 1. The van der Waals surface area contributed by atoms with E-state index in [0.717, 1.165) is 0 Å². The van der Waals surface area contributed by atoms with Crippen LogP contribution in [0.1, 0.15) is 18.6 Å². The molecule has 0 fully saturated rings. The first-order chi connectivity index (χ1) is 6.72. The Morgan fingerprint density at radius 2 is 2.36 bits per heavy atom. The van der Waals surface area contributed by atoms with Gasteiger partial charge in [0.15, 0.2) is 0 Å². The van der Waals surface area contributed by atoms with Crippen molar-refractivity contribution in [1.29, 1.82) is 0 Å². The van der Waals surface area contributed by atoms with Crippen molar-refractivity contribution >= 4 is 12.4 Å². The molecule has 0 aliphatic heterocycles. The standard InChI is InChI=1S/C9H10O5/c10-6-13-9-5-4-7(14-9)2-1-3-8(11)12/h4-6H,1-3H2,(H,11,12). The molecule has 0 radical (unpaired) electrons. The summed E-state index contributed by atoms with van der Waals surface area (Å²) in [5.41, 5.74) is 0. The molecule has 1 rings (SSSR count). The first-order valence-electron chi connectivity index (χ1n) is 4.13. The van der Waals surface area contributed by atoms with E-state index in [1.807, 2.05) is 0 Å². The lowest BCUT2D eigenvalue weighted by molar-refractivity contribution is -0.137. The molecule has 14 heavy (non-hydrogen) atoms. The summed E-state index contributed by atoms with van der Waals surface area (Å²) in [5.74, 6) is -0.0886. The van der Waals surface area contributed by atoms with E-state index < -0.39 is 5.97 Å². The van der Waals surface area contributed by atoms with Crippen molar-refractivity contribution in [2.45, 2.75) is 19.3 Å². The molecule has 76 valence electrons. The van der Waals surface area contributed by atoms with Crippen molar-refractivity contribution in [3.05, 3.63) is 17.9 Å². The van der Waals surface area contributed by atoms with Crippen LogP contribution in [0.5, 0.6) is 5.95 Å². The second-order valence-corrected chi connectivity index (χ2v) is 2.68. The van der Waals surface area contributed by atoms with Gasteiger partial charge in [-0.3, -0.25) is 9.59 Å². The average molecular weight is 198 g/mol. The van der Waals surface area contributed by atoms with Gasteiger partial charge in [0.25, 0.3) is 5.95 Å². The summed E-state index contributed by atoms with van der Waals surface area (Å²) in [5, 5.41) is 8.38. The molecule has 0 aliphatic carbocycles. The van der Waals surface area contributed by atoms with Crippen LogP contribution in [0, 0.1) is 0 Å². The highest BCUT2D eigenvalue weighted by atomic mass is 16.6. The molecule has 0 unspecified atom stereocenters. The predicted octanol–water partition coefficient (Wildman–Crippen LogP) is 1.22. The van der Waals surface area contributed by atoms with E-state index in [1.165, 1.54) is 6.07 Å². The van der Waals surface area contributed by atoms with Gasteiger partial charge in [-0.1, -0.05) is 0 Å². The lowest BCUT2D eigenvalue weighted by Gasteiger charge is -1.94. The summed E-state index contributed by atoms with van der Waals surface area (Å²) in [6.45, 7) is 0.278. The Morgan fingerprint density at radius 3 is 3.00 bits per heavy atom. The number of rotatable bonds is 6. The topological polar surface area (TPSA) is 76.7 Å². The Hall–Kier alpha value is -1.78. The van der Waals surface area contributed by atoms with Gasteiger partial charge in [0.1, 0.15) is 5.76 Å². The van der Waals surface area contributed by atoms with E-state index in [2.05, 4.69) is 4.74 Å². The minimum atomic E-state index is -0.832. The monoisotopic (exact) mass is 198 g/mol. The van der Waals surface area contributed by atoms with E-state index in [4.69, 9.17) is 9.52 Å². The fourth-order valence-electron chi connectivity index (χ4n) is 1.02. The maximum Gasteiger partial charge on any atom is 0.303 e. The summed E-state index contributed by atoms with van der Waals surface area (Å²) in [4.78, 5) is 20.1. The molecular weight excluding hydrogens is 188 g/mol. The van der Waals surface area contributed by atoms with E-state index in [0.29, 0.717) is 18.6 Å². The fourth-order valence-corrected chi connectivity index (χ4v) is 1.02. The summed E-state index contributed by atoms with van der Waals surface area (Å²) in [6.07, 6.45) is 1.13. The molecule has 5 heteroatoms. The predicted molar refractivity (Wildman–Crippen MR) is 46.0 cm³/mol. The Kier molecular flexibility index (Phi) is 3.72. The number of carboxylic acids is 1. The summed E-state index contributed by atoms with van der Waals surface area (Å²) in [7, 11) is 0. The van der Waals surface area contributed by atoms with Crippen LogP contribution in [0.4, 0.5) is 0 Å². The number of furan rings is 1. The molecule has 0 spiro atoms. The molecule has 0 saturated heterocycles. The number of carbonyl (C=O) groups excluding carboxylic acids is 1. The van der Waals surface area contributed by atoms with Gasteiger partial charge in [0, 0.05) is 18.9 Å². The minimum absolute atomic E-state index is 0.102. The number of aliphatic carboxylic acids is 1. The van der Waals surface area contributed by atoms with E-state index in [9.17, 15) is 9.59 Å². The summed E-state index contributed by atoms with van der Waals surface area (Å²) in [6, 6.07) is 3.17. The zero-order valence-corrected chi connectivity index (χ0v) is 7.43. The van der Waals surface area contributed by atoms with Gasteiger partial charge in [-0.25, -0.2) is 0 Å². The van der Waals surface area contributed by atoms with E-state index >= 15 is 0 Å². The Labute approximate surface area is 80.3 Å². The third-order valence-corrected chi connectivity index (χ3v) is 1.62. The van der Waals surface area contributed by atoms with Gasteiger partial charge < -0.3 is 14.3 Å². The highest BCUT2D eigenvalue weighted by Crippen LogP contribution is 2.16. The Morgan fingerprint density at radius 1 is 1.57 bits per heavy atom. The van der Waals surface area contributed by atoms with Crippen molar-refractivity contribution in [3.63, 3.8) is 0 Å². The van der Waals surface area contributed by atoms with Crippen molar-refractivity contribution in [1.82, 2.24) is 0 Å². The largest absolute Gasteiger partial charge is 0.481 e. The van der Waals surface area contributed by atoms with Crippen LogP contribution in [-0.2, 0) is 16.0 Å². The van der Waals surface area contributed by atoms with Crippen LogP contribution in [0.2, 0.25) is 0 Å². The Bertz CT molecular complexity index is 315. The average Bonchev–Trinajstić information content (AvgIpc) is 2.53. The summed E-state index contributed by atoms with van der Waals surface area (Å²) < 4.78 is 9.51. The normalized spacial score (nSPS) is 9.71. The highest BCUT2D eigenvalue weighted by molar-refractivity contribution is 5.66. The van der Waals surface area contributed by atoms with Crippen LogP contribution in [0.3, 0.4) is 0 Å². The first kappa shape index (κ1) is 10.3. The van der Waals surface area contributed by atoms with Gasteiger partial charge in [0.2, 0.25) is 0 Å². The second kappa shape index (κ2) is 5.06. The van der Waals surface area contributed by atoms with Crippen LogP contribution in [0.25, 0.3) is 0 Å². The minimum Gasteiger partial charge on any atom is -0.481 e. The zero-order valence-electron chi connectivity index (χ0n) is 7.43. The van der Waals surface area contributed by atoms with Gasteiger partial charge in [-0.2, -0.15) is 0 Å². The lowest BCUT2D eigenvalue weighted by Crippen LogP contribution is -1.95. The van der Waals surface area contributed by atoms with Crippen molar-refractivity contribution in [3.8, 4) is 5.95 Å². The van der Waals surface area contributed by atoms with E-state index in [1.54, 1.807) is 6.07 Å². The third kappa shape index (κ3) is 3.30. The number of aryl methyl sites for hydroxylation is 1. The molecule has 1 heterocycles. The lowest BCUT2D eigenvalue weighted by atomic mass is 10.2. The number of hydrogen-bond donors (Lipinski definition) is 1. The quantitative estimate of drug-likeness (QED) is 0.695. The number of hydrogen-bond acceptors (Lipinski definition) is 4. The number of carbonyl (C=O) groups is 2. The smallest absolute Gasteiger partial charge is 0.303 e. The first-order valence-corrected chi connectivity index (χ1v) is 4.13. The molecule has 0 saturated carbocycles. The van der Waals surface area contributed by atoms with Crippen LogP contribution < -0.4 is 4.74 Å². The van der Waals surface area contributed by atoms with Crippen LogP contribution >= 0.6 is 0 Å². The van der Waals surface area contributed by atoms with Gasteiger partial charge in [-0.15, -0.1) is 0 Å². The molecule has 0 amide bonds. The molecule has 0 atom stereocenters. The molecule has 1 aromatic heterocycles. The van der Waals surface area contributed by atoms with Gasteiger partial charge >= 0.3 is 12.4 Å². The maximum absolute atomic E-state index is 10.2. The van der Waals surface area contributed by atoms with Crippen molar-refractivity contribution in [2.24, 2.45) is 0 Å². The second-order valence-electron chi connectivity index (χ2n) is 2.68. The van der Waals surface area contributed by atoms with Crippen LogP contribution in [-0.4, -0.2) is 17.5 Å². The molecular formula is C9H10O5. The molecule has 1 N–H and O–H groups in total. The number of ether oxygens (including phenoxy) is 1. The van der Waals surface area contributed by atoms with Crippen molar-refractivity contribution in [2.75, 3.05) is 0 Å². The highest BCUT2D eigenvalue weighted by Gasteiger charge is 2.03. The molecule has 0 aromatic carbocycles. The molecule has 1 aromatic rings. The Balaban J connectivity index is 2.35. The third-order valence-electron chi connectivity index (χ3n) is 1.62. The SMILES string of the molecule is O=COc1ccc(CCCC(=O)O)o1. The molecule has 5 nitrogen and oxygen atoms in total. The summed E-state index contributed by atoms with van der Waals surface area (Å²) >= 11 is 0. The van der Waals surface area contributed by atoms with Crippen molar-refractivity contribution < 1.29 is 23.8 Å². The fraction of sp³-hybridized carbons (Fsp3) is 0.333.